The molecule has 1 N–H and O–H groups in total. The van der Waals surface area contributed by atoms with E-state index in [1.54, 1.807) is 26.4 Å². The number of hydrogen-bond acceptors (Lipinski definition) is 8. The van der Waals surface area contributed by atoms with E-state index in [9.17, 15) is 9.59 Å². The van der Waals surface area contributed by atoms with Crippen LogP contribution in [0.15, 0.2) is 53.5 Å². The number of carbonyl (C=O) groups is 1. The zero-order valence-electron chi connectivity index (χ0n) is 22.1. The first-order valence-corrected chi connectivity index (χ1v) is 12.9. The molecule has 0 saturated carbocycles. The molecule has 2 bridgehead atoms. The van der Waals surface area contributed by atoms with Gasteiger partial charge in [0, 0.05) is 43.9 Å². The molecular weight excluding hydrogens is 734 g/mol. The fourth-order valence-electron chi connectivity index (χ4n) is 4.75. The summed E-state index contributed by atoms with van der Waals surface area (Å²) in [4.78, 5) is 43.8. The maximum atomic E-state index is 13.5. The Hall–Kier alpha value is -3.46. The second-order valence-corrected chi connectivity index (χ2v) is 9.53. The van der Waals surface area contributed by atoms with Gasteiger partial charge in [-0.3, -0.25) is 14.5 Å². The Morgan fingerprint density at radius 3 is 2.92 bits per heavy atom. The van der Waals surface area contributed by atoms with Crippen molar-refractivity contribution in [1.82, 2.24) is 29.2 Å². The number of pyridine rings is 1. The van der Waals surface area contributed by atoms with Crippen LogP contribution in [0.3, 0.4) is 0 Å². The van der Waals surface area contributed by atoms with E-state index in [0.29, 0.717) is 60.5 Å². The van der Waals surface area contributed by atoms with Crippen molar-refractivity contribution >= 4 is 34.4 Å². The smallest absolute Gasteiger partial charge is 0.278 e. The molecule has 0 atom stereocenters. The minimum atomic E-state index is -0.227. The Morgan fingerprint density at radius 1 is 1.20 bits per heavy atom. The second-order valence-electron chi connectivity index (χ2n) is 9.53. The van der Waals surface area contributed by atoms with Gasteiger partial charge in [-0.25, -0.2) is 19.3 Å². The molecule has 0 fully saturated rings. The number of amides is 1. The summed E-state index contributed by atoms with van der Waals surface area (Å²) in [5, 5.41) is 3.62. The van der Waals surface area contributed by atoms with Crippen molar-refractivity contribution in [1.29, 1.82) is 0 Å². The van der Waals surface area contributed by atoms with Gasteiger partial charge in [-0.05, 0) is 38.6 Å². The standard InChI is InChI=1S/C28H28N8O3.U/c1-3-33(2)17-19-9-8-10-20(15-19)30-28-29-16-21-25(32-28)36-23-12-11-22-26(31-23)34(24(37)18-39-22)13-6-4-5-7-14-35(36)27(21)38;/h5,7-8,10-12,15-16H,1,3-4,6,13-14,17-18H2,2H3,(H,29,30,32);/q-2;/b7-5-;. The van der Waals surface area contributed by atoms with Gasteiger partial charge in [0.1, 0.15) is 5.39 Å². The molecule has 2 aliphatic heterocycles. The molecule has 11 nitrogen and oxygen atoms in total. The number of ether oxygens (including phenoxy) is 1. The van der Waals surface area contributed by atoms with Crippen LogP contribution in [0.25, 0.3) is 16.9 Å². The predicted molar refractivity (Wildman–Crippen MR) is 147 cm³/mol. The average molecular weight is 763 g/mol. The van der Waals surface area contributed by atoms with Crippen LogP contribution in [0, 0.1) is 44.1 Å². The quantitative estimate of drug-likeness (QED) is 0.245. The zero-order chi connectivity index (χ0) is 26.9. The number of allylic oxidation sites excluding steroid dienone is 2. The molecule has 4 aromatic rings. The summed E-state index contributed by atoms with van der Waals surface area (Å²) in [6.07, 6.45) is 7.05. The van der Waals surface area contributed by atoms with E-state index in [-0.39, 0.29) is 49.2 Å². The Kier molecular flexibility index (Phi) is 8.40. The van der Waals surface area contributed by atoms with Crippen LogP contribution >= 0.6 is 0 Å². The van der Waals surface area contributed by atoms with Crippen molar-refractivity contribution < 1.29 is 40.6 Å². The number of hydrogen-bond donors (Lipinski definition) is 1. The molecule has 0 spiro atoms. The summed E-state index contributed by atoms with van der Waals surface area (Å²) >= 11 is 0. The van der Waals surface area contributed by atoms with E-state index in [1.807, 2.05) is 37.4 Å². The van der Waals surface area contributed by atoms with Gasteiger partial charge in [0.05, 0.1) is 6.54 Å². The van der Waals surface area contributed by atoms with Gasteiger partial charge in [0.15, 0.2) is 29.6 Å². The molecule has 0 unspecified atom stereocenters. The van der Waals surface area contributed by atoms with E-state index >= 15 is 0 Å². The third-order valence-corrected chi connectivity index (χ3v) is 6.76. The van der Waals surface area contributed by atoms with Crippen LogP contribution in [-0.4, -0.2) is 61.9 Å². The first-order valence-electron chi connectivity index (χ1n) is 12.9. The van der Waals surface area contributed by atoms with Crippen LogP contribution in [-0.2, 0) is 17.9 Å². The number of rotatable bonds is 5. The number of aromatic nitrogens is 5. The number of nitrogens with one attached hydrogen (secondary N) is 1. The Morgan fingerprint density at radius 2 is 2.08 bits per heavy atom. The molecule has 6 rings (SSSR count). The largest absolute Gasteiger partial charge is 0.480 e. The molecule has 0 saturated heterocycles. The minimum Gasteiger partial charge on any atom is -0.480 e. The van der Waals surface area contributed by atoms with Crippen LogP contribution in [0.4, 0.5) is 17.5 Å². The van der Waals surface area contributed by atoms with Gasteiger partial charge >= 0.3 is 0 Å². The molecule has 12 heteroatoms. The zero-order valence-corrected chi connectivity index (χ0v) is 26.3. The van der Waals surface area contributed by atoms with E-state index < -0.39 is 0 Å². The molecule has 1 aromatic carbocycles. The maximum absolute atomic E-state index is 13.5. The van der Waals surface area contributed by atoms with Crippen molar-refractivity contribution in [3.63, 3.8) is 0 Å². The summed E-state index contributed by atoms with van der Waals surface area (Å²) in [7, 11) is 2.00. The maximum Gasteiger partial charge on any atom is 0.278 e. The summed E-state index contributed by atoms with van der Waals surface area (Å²) in [5.74, 6) is 1.63. The van der Waals surface area contributed by atoms with Gasteiger partial charge in [-0.2, -0.15) is 17.1 Å². The molecule has 2 aliphatic rings. The molecule has 0 aliphatic carbocycles. The van der Waals surface area contributed by atoms with Crippen molar-refractivity contribution in [2.24, 2.45) is 0 Å². The van der Waals surface area contributed by atoms with Crippen molar-refractivity contribution in [2.45, 2.75) is 25.9 Å². The number of anilines is 3. The number of nitrogens with zero attached hydrogens (tertiary/aromatic N) is 7. The van der Waals surface area contributed by atoms with Gasteiger partial charge in [0.2, 0.25) is 5.95 Å². The van der Waals surface area contributed by atoms with Gasteiger partial charge in [0.25, 0.3) is 11.5 Å². The molecule has 5 heterocycles. The van der Waals surface area contributed by atoms with Gasteiger partial charge < -0.3 is 21.9 Å². The third kappa shape index (κ3) is 5.44. The van der Waals surface area contributed by atoms with Crippen LogP contribution in [0.2, 0.25) is 0 Å². The normalized spacial score (nSPS) is 15.5. The number of benzene rings is 1. The predicted octanol–water partition coefficient (Wildman–Crippen LogP) is 2.86. The van der Waals surface area contributed by atoms with Crippen LogP contribution in [0.5, 0.6) is 5.75 Å². The SMILES string of the molecule is [CH2-]CN(C)Cc1[c-]ccc(Nc2ncc3c(=O)n4n(c3n2)-c2ccc3c(n2)N(CCC/C=C\C4)C(=O)CO3)c1.[U]. The molecule has 204 valence electrons. The monoisotopic (exact) mass is 762 g/mol. The van der Waals surface area contributed by atoms with E-state index in [0.717, 1.165) is 24.1 Å². The summed E-state index contributed by atoms with van der Waals surface area (Å²) in [6, 6.07) is 12.5. The van der Waals surface area contributed by atoms with E-state index in [2.05, 4.69) is 28.2 Å². The van der Waals surface area contributed by atoms with Crippen molar-refractivity contribution in [3.05, 3.63) is 77.6 Å². The average Bonchev–Trinajstić information content (AvgIpc) is 3.21. The Bertz CT molecular complexity index is 1650. The Balaban J connectivity index is 0.00000323. The topological polar surface area (TPSA) is 110 Å². The van der Waals surface area contributed by atoms with Crippen molar-refractivity contribution in [3.8, 4) is 11.6 Å². The second kappa shape index (κ2) is 12.0. The third-order valence-electron chi connectivity index (χ3n) is 6.76. The van der Waals surface area contributed by atoms with Crippen LogP contribution in [0.1, 0.15) is 18.4 Å². The minimum absolute atomic E-state index is 0. The Labute approximate surface area is 255 Å². The number of fused-ring (bicyclic) bond motifs is 5. The van der Waals surface area contributed by atoms with Crippen LogP contribution < -0.4 is 20.5 Å². The fraction of sp³-hybridized carbons (Fsp3) is 0.286. The molecular formula is C28H28N8O3U-2. The summed E-state index contributed by atoms with van der Waals surface area (Å²) in [6.45, 7) is 6.16. The van der Waals surface area contributed by atoms with Crippen molar-refractivity contribution in [2.75, 3.05) is 37.0 Å². The molecule has 40 heavy (non-hydrogen) atoms. The first-order chi connectivity index (χ1) is 19.0. The van der Waals surface area contributed by atoms with Gasteiger partial charge in [-0.1, -0.05) is 17.8 Å². The van der Waals surface area contributed by atoms with E-state index in [1.165, 1.54) is 6.20 Å². The summed E-state index contributed by atoms with van der Waals surface area (Å²) in [5.41, 5.74) is 1.99. The van der Waals surface area contributed by atoms with E-state index in [4.69, 9.17) is 14.7 Å². The van der Waals surface area contributed by atoms with Gasteiger partial charge in [-0.15, -0.1) is 24.2 Å². The molecule has 0 radical (unpaired) electrons. The fourth-order valence-corrected chi connectivity index (χ4v) is 4.75. The molecule has 1 amide bonds. The molecule has 3 aromatic heterocycles. The first kappa shape index (κ1) is 28.1. The number of carbonyl (C=O) groups excluding carboxylic acids is 1. The summed E-state index contributed by atoms with van der Waals surface area (Å²) < 4.78 is 8.90.